The fourth-order valence-electron chi connectivity index (χ4n) is 9.06. The van der Waals surface area contributed by atoms with Gasteiger partial charge in [0.2, 0.25) is 5.91 Å². The number of methoxy groups -OCH3 is 1. The van der Waals surface area contributed by atoms with E-state index >= 15 is 0 Å². The van der Waals surface area contributed by atoms with Gasteiger partial charge in [-0.3, -0.25) is 14.4 Å². The SMILES string of the molecule is COc1c(CN2O[C@@H](CO)[C@@H]([C@H](C)O)[C@H]2C(=O)N[C@H]2C[C@@H]3C[C@H]([C@@H]2C)C3(C)C)cccc1-c1cc(C(=O)NCCc2ccc(F)cc2)cc(N(C)C)c1. The standard InChI is InChI=1S/C42H55FN4O6/c1-24-34-20-30(42(34,3)4)21-35(24)45-41(51)38-37(25(2)49)36(23-48)53-47(38)22-27-9-8-10-33(39(27)52-7)28-17-29(19-32(18-28)46(5)6)40(50)44-16-15-26-11-13-31(43)14-12-26/h8-14,17-19,24-25,30,34-38,48-49H,15-16,20-23H2,1-7H3,(H,44,50)(H,45,51)/t24-,25-,30-,34+,35-,36-,37+,38-/m0/s1. The van der Waals surface area contributed by atoms with Crippen molar-refractivity contribution in [2.75, 3.05) is 39.3 Å². The van der Waals surface area contributed by atoms with Gasteiger partial charge >= 0.3 is 0 Å². The number of halogens is 1. The lowest BCUT2D eigenvalue weighted by Crippen LogP contribution is -2.62. The lowest BCUT2D eigenvalue weighted by molar-refractivity contribution is -0.183. The summed E-state index contributed by atoms with van der Waals surface area (Å²) in [6.45, 7) is 8.70. The highest BCUT2D eigenvalue weighted by Gasteiger charge is 2.57. The Bertz CT molecular complexity index is 1780. The Hall–Kier alpha value is -4.03. The second kappa shape index (κ2) is 15.8. The van der Waals surface area contributed by atoms with Crippen LogP contribution < -0.4 is 20.3 Å². The van der Waals surface area contributed by atoms with Gasteiger partial charge in [-0.1, -0.05) is 51.1 Å². The van der Waals surface area contributed by atoms with Crippen LogP contribution in [0.1, 0.15) is 62.0 Å². The van der Waals surface area contributed by atoms with Gasteiger partial charge in [-0.25, -0.2) is 4.39 Å². The van der Waals surface area contributed by atoms with Gasteiger partial charge in [0.05, 0.1) is 26.4 Å². The Labute approximate surface area is 312 Å². The molecule has 4 aliphatic rings. The molecule has 0 radical (unpaired) electrons. The molecule has 0 aromatic heterocycles. The lowest BCUT2D eigenvalue weighted by Gasteiger charge is -2.62. The maximum Gasteiger partial charge on any atom is 0.251 e. The van der Waals surface area contributed by atoms with Crippen LogP contribution in [0.25, 0.3) is 11.1 Å². The summed E-state index contributed by atoms with van der Waals surface area (Å²) in [4.78, 5) is 35.8. The number of rotatable bonds is 13. The molecule has 3 saturated carbocycles. The Morgan fingerprint density at radius 2 is 1.85 bits per heavy atom. The molecule has 1 aliphatic heterocycles. The minimum Gasteiger partial charge on any atom is -0.496 e. The molecule has 286 valence electrons. The predicted molar refractivity (Wildman–Crippen MR) is 203 cm³/mol. The average Bonchev–Trinajstić information content (AvgIpc) is 3.51. The molecular formula is C42H55FN4O6. The van der Waals surface area contributed by atoms with Gasteiger partial charge in [-0.2, -0.15) is 5.06 Å². The first-order valence-electron chi connectivity index (χ1n) is 18.8. The normalized spacial score (nSPS) is 26.7. The number of fused-ring (bicyclic) bond motifs is 2. The first kappa shape index (κ1) is 38.7. The van der Waals surface area contributed by atoms with Gasteiger partial charge in [-0.05, 0) is 90.8 Å². The number of benzene rings is 3. The number of hydroxylamine groups is 2. The van der Waals surface area contributed by atoms with Crippen LogP contribution in [0.3, 0.4) is 0 Å². The van der Waals surface area contributed by atoms with Crippen LogP contribution in [-0.2, 0) is 22.6 Å². The molecule has 4 fully saturated rings. The van der Waals surface area contributed by atoms with Crippen LogP contribution >= 0.6 is 0 Å². The molecule has 3 aromatic rings. The van der Waals surface area contributed by atoms with Gasteiger partial charge in [0.1, 0.15) is 23.7 Å². The van der Waals surface area contributed by atoms with Crippen molar-refractivity contribution in [2.45, 2.75) is 77.8 Å². The van der Waals surface area contributed by atoms with Crippen LogP contribution in [0.2, 0.25) is 0 Å². The Morgan fingerprint density at radius 1 is 1.11 bits per heavy atom. The van der Waals surface area contributed by atoms with E-state index in [-0.39, 0.29) is 42.2 Å². The number of carbonyl (C=O) groups is 2. The fourth-order valence-corrected chi connectivity index (χ4v) is 9.06. The van der Waals surface area contributed by atoms with Crippen molar-refractivity contribution in [1.29, 1.82) is 0 Å². The largest absolute Gasteiger partial charge is 0.496 e. The first-order chi connectivity index (χ1) is 25.2. The van der Waals surface area contributed by atoms with E-state index in [2.05, 4.69) is 31.4 Å². The van der Waals surface area contributed by atoms with Crippen LogP contribution in [0.5, 0.6) is 5.75 Å². The van der Waals surface area contributed by atoms with Crippen molar-refractivity contribution < 1.29 is 33.8 Å². The first-order valence-corrected chi connectivity index (χ1v) is 18.8. The van der Waals surface area contributed by atoms with E-state index in [9.17, 15) is 24.2 Å². The van der Waals surface area contributed by atoms with E-state index in [1.807, 2.05) is 55.4 Å². The number of hydrogen-bond donors (Lipinski definition) is 4. The summed E-state index contributed by atoms with van der Waals surface area (Å²) in [5.74, 6) is 0.583. The predicted octanol–water partition coefficient (Wildman–Crippen LogP) is 5.20. The summed E-state index contributed by atoms with van der Waals surface area (Å²) in [6, 6.07) is 16.8. The maximum atomic E-state index is 14.2. The quantitative estimate of drug-likeness (QED) is 0.189. The average molecular weight is 731 g/mol. The van der Waals surface area contributed by atoms with Gasteiger partial charge in [0.25, 0.3) is 5.91 Å². The molecule has 2 amide bonds. The van der Waals surface area contributed by atoms with Gasteiger partial charge in [0, 0.05) is 55.0 Å². The topological polar surface area (TPSA) is 124 Å². The molecule has 53 heavy (non-hydrogen) atoms. The molecule has 11 heteroatoms. The number of nitrogens with one attached hydrogen (secondary N) is 2. The zero-order valence-electron chi connectivity index (χ0n) is 31.9. The highest BCUT2D eigenvalue weighted by molar-refractivity contribution is 5.97. The molecule has 7 rings (SSSR count). The third kappa shape index (κ3) is 7.80. The van der Waals surface area contributed by atoms with Crippen LogP contribution in [0.4, 0.5) is 10.1 Å². The molecule has 8 atom stereocenters. The number of carbonyl (C=O) groups excluding carboxylic acids is 2. The van der Waals surface area contributed by atoms with E-state index in [0.717, 1.165) is 34.4 Å². The third-order valence-electron chi connectivity index (χ3n) is 12.3. The van der Waals surface area contributed by atoms with Gasteiger partial charge in [-0.15, -0.1) is 0 Å². The molecule has 3 aliphatic carbocycles. The molecule has 2 bridgehead atoms. The molecule has 4 N–H and O–H groups in total. The number of aliphatic hydroxyl groups excluding tert-OH is 2. The van der Waals surface area contributed by atoms with Crippen molar-refractivity contribution in [2.24, 2.45) is 29.1 Å². The van der Waals surface area contributed by atoms with Crippen LogP contribution in [0, 0.1) is 34.9 Å². The van der Waals surface area contributed by atoms with Gasteiger partial charge < -0.3 is 30.5 Å². The summed E-state index contributed by atoms with van der Waals surface area (Å²) in [5.41, 5.74) is 4.74. The molecular weight excluding hydrogens is 675 g/mol. The second-order valence-electron chi connectivity index (χ2n) is 16.0. The number of anilines is 1. The van der Waals surface area contributed by atoms with Gasteiger partial charge in [0.15, 0.2) is 0 Å². The van der Waals surface area contributed by atoms with Crippen LogP contribution in [0.15, 0.2) is 60.7 Å². The summed E-state index contributed by atoms with van der Waals surface area (Å²) in [5, 5.41) is 29.1. The van der Waals surface area contributed by atoms with Crippen molar-refractivity contribution in [3.63, 3.8) is 0 Å². The molecule has 1 saturated heterocycles. The summed E-state index contributed by atoms with van der Waals surface area (Å²) in [7, 11) is 5.41. The monoisotopic (exact) mass is 730 g/mol. The van der Waals surface area contributed by atoms with Crippen molar-refractivity contribution in [3.8, 4) is 16.9 Å². The number of hydrogen-bond acceptors (Lipinski definition) is 8. The molecule has 1 heterocycles. The molecule has 0 unspecified atom stereocenters. The van der Waals surface area contributed by atoms with Crippen molar-refractivity contribution in [3.05, 3.63) is 83.2 Å². The second-order valence-corrected chi connectivity index (χ2v) is 16.0. The Balaban J connectivity index is 1.25. The highest BCUT2D eigenvalue weighted by Crippen LogP contribution is 2.61. The Morgan fingerprint density at radius 3 is 2.47 bits per heavy atom. The molecule has 0 spiro atoms. The van der Waals surface area contributed by atoms with Crippen molar-refractivity contribution >= 4 is 17.5 Å². The number of nitrogens with zero attached hydrogens (tertiary/aromatic N) is 2. The number of aliphatic hydroxyl groups is 2. The highest BCUT2D eigenvalue weighted by atomic mass is 19.1. The number of amides is 2. The number of para-hydroxylation sites is 1. The smallest absolute Gasteiger partial charge is 0.251 e. The zero-order valence-corrected chi connectivity index (χ0v) is 31.9. The maximum absolute atomic E-state index is 14.2. The van der Waals surface area contributed by atoms with Crippen LogP contribution in [-0.4, -0.2) is 85.7 Å². The fraction of sp³-hybridized carbons (Fsp3) is 0.524. The molecule has 3 aromatic carbocycles. The summed E-state index contributed by atoms with van der Waals surface area (Å²) in [6.07, 6.45) is 0.997. The van der Waals surface area contributed by atoms with Crippen molar-refractivity contribution in [1.82, 2.24) is 15.7 Å². The number of ether oxygens (including phenoxy) is 1. The van der Waals surface area contributed by atoms with E-state index in [1.54, 1.807) is 31.2 Å². The third-order valence-corrected chi connectivity index (χ3v) is 12.3. The van der Waals surface area contributed by atoms with E-state index in [4.69, 9.17) is 9.57 Å². The minimum atomic E-state index is -0.911. The summed E-state index contributed by atoms with van der Waals surface area (Å²) >= 11 is 0. The van der Waals surface area contributed by atoms with E-state index < -0.39 is 24.2 Å². The molecule has 10 nitrogen and oxygen atoms in total. The zero-order chi connectivity index (χ0) is 38.2. The van der Waals surface area contributed by atoms with E-state index in [1.165, 1.54) is 18.6 Å². The Kier molecular flexibility index (Phi) is 11.5. The minimum absolute atomic E-state index is 0.0279. The lowest BCUT2D eigenvalue weighted by atomic mass is 9.45. The summed E-state index contributed by atoms with van der Waals surface area (Å²) < 4.78 is 19.4. The van der Waals surface area contributed by atoms with E-state index in [0.29, 0.717) is 42.0 Å².